The first kappa shape index (κ1) is 18.8. The fourth-order valence-corrected chi connectivity index (χ4v) is 3.72. The monoisotopic (exact) mass is 401 g/mol. The molecule has 2 aromatic heterocycles. The minimum absolute atomic E-state index is 0.181. The number of benzene rings is 2. The maximum atomic E-state index is 12.6. The summed E-state index contributed by atoms with van der Waals surface area (Å²) in [5, 5.41) is 5.90. The smallest absolute Gasteiger partial charge is 0.255 e. The number of anilines is 1. The Hall–Kier alpha value is -3.51. The van der Waals surface area contributed by atoms with E-state index in [1.807, 2.05) is 60.8 Å². The summed E-state index contributed by atoms with van der Waals surface area (Å²) in [6.45, 7) is 2.47. The first-order valence-corrected chi connectivity index (χ1v) is 10.1. The van der Waals surface area contributed by atoms with Gasteiger partial charge in [0.05, 0.1) is 12.3 Å². The van der Waals surface area contributed by atoms with Crippen molar-refractivity contribution in [3.8, 4) is 27.6 Å². The summed E-state index contributed by atoms with van der Waals surface area (Å²) in [6, 6.07) is 18.7. The summed E-state index contributed by atoms with van der Waals surface area (Å²) in [6.07, 6.45) is 3.51. The van der Waals surface area contributed by atoms with Gasteiger partial charge in [-0.3, -0.25) is 9.78 Å². The summed E-state index contributed by atoms with van der Waals surface area (Å²) < 4.78 is 5.47. The third kappa shape index (κ3) is 4.50. The van der Waals surface area contributed by atoms with Gasteiger partial charge in [-0.05, 0) is 49.4 Å². The van der Waals surface area contributed by atoms with Crippen molar-refractivity contribution in [2.24, 2.45) is 0 Å². The third-order valence-electron chi connectivity index (χ3n) is 4.25. The van der Waals surface area contributed by atoms with Gasteiger partial charge in [0.25, 0.3) is 5.91 Å². The Kier molecular flexibility index (Phi) is 5.63. The molecule has 0 bridgehead atoms. The van der Waals surface area contributed by atoms with Crippen LogP contribution in [0.3, 0.4) is 0 Å². The molecule has 0 aliphatic heterocycles. The van der Waals surface area contributed by atoms with Crippen molar-refractivity contribution in [3.63, 3.8) is 0 Å². The van der Waals surface area contributed by atoms with E-state index < -0.39 is 0 Å². The minimum Gasteiger partial charge on any atom is -0.494 e. The summed E-state index contributed by atoms with van der Waals surface area (Å²) in [7, 11) is 0. The van der Waals surface area contributed by atoms with Crippen LogP contribution in [0.4, 0.5) is 5.69 Å². The number of thiazole rings is 1. The Bertz CT molecular complexity index is 1130. The van der Waals surface area contributed by atoms with E-state index in [0.29, 0.717) is 23.6 Å². The van der Waals surface area contributed by atoms with Gasteiger partial charge in [-0.15, -0.1) is 11.3 Å². The molecule has 4 rings (SSSR count). The summed E-state index contributed by atoms with van der Waals surface area (Å²) in [4.78, 5) is 21.4. The van der Waals surface area contributed by atoms with Gasteiger partial charge in [0.2, 0.25) is 0 Å². The number of ether oxygens (including phenoxy) is 1. The SMILES string of the molecule is CCOc1cccc(C(=O)Nc2cccc(-c3csc(-c4ccncc4)n3)c2)c1. The fraction of sp³-hybridized carbons (Fsp3) is 0.0870. The van der Waals surface area contributed by atoms with Gasteiger partial charge in [0, 0.05) is 40.2 Å². The third-order valence-corrected chi connectivity index (χ3v) is 5.15. The molecular formula is C23H19N3O2S. The first-order valence-electron chi connectivity index (χ1n) is 9.23. The van der Waals surface area contributed by atoms with Crippen LogP contribution in [0.5, 0.6) is 5.75 Å². The molecular weight excluding hydrogens is 382 g/mol. The van der Waals surface area contributed by atoms with Crippen LogP contribution in [0, 0.1) is 0 Å². The molecule has 1 amide bonds. The lowest BCUT2D eigenvalue weighted by molar-refractivity contribution is 0.102. The highest BCUT2D eigenvalue weighted by Crippen LogP contribution is 2.29. The molecule has 29 heavy (non-hydrogen) atoms. The molecule has 0 saturated heterocycles. The lowest BCUT2D eigenvalue weighted by atomic mass is 10.1. The molecule has 0 radical (unpaired) electrons. The molecule has 0 aliphatic rings. The Morgan fingerprint density at radius 1 is 1.03 bits per heavy atom. The fourth-order valence-electron chi connectivity index (χ4n) is 2.89. The Labute approximate surface area is 173 Å². The zero-order chi connectivity index (χ0) is 20.1. The Balaban J connectivity index is 1.53. The van der Waals surface area contributed by atoms with Crippen LogP contribution in [0.1, 0.15) is 17.3 Å². The van der Waals surface area contributed by atoms with E-state index in [1.54, 1.807) is 35.9 Å². The second kappa shape index (κ2) is 8.67. The van der Waals surface area contributed by atoms with Crippen LogP contribution >= 0.6 is 11.3 Å². The maximum Gasteiger partial charge on any atom is 0.255 e. The quantitative estimate of drug-likeness (QED) is 0.462. The molecule has 2 heterocycles. The first-order chi connectivity index (χ1) is 14.2. The zero-order valence-electron chi connectivity index (χ0n) is 15.8. The van der Waals surface area contributed by atoms with Gasteiger partial charge >= 0.3 is 0 Å². The van der Waals surface area contributed by atoms with Crippen LogP contribution in [0.2, 0.25) is 0 Å². The molecule has 2 aromatic carbocycles. The van der Waals surface area contributed by atoms with Crippen molar-refractivity contribution in [3.05, 3.63) is 84.0 Å². The highest BCUT2D eigenvalue weighted by atomic mass is 32.1. The molecule has 4 aromatic rings. The normalized spacial score (nSPS) is 10.5. The van der Waals surface area contributed by atoms with E-state index in [2.05, 4.69) is 10.3 Å². The largest absolute Gasteiger partial charge is 0.494 e. The highest BCUT2D eigenvalue weighted by molar-refractivity contribution is 7.13. The number of carbonyl (C=O) groups excluding carboxylic acids is 1. The van der Waals surface area contributed by atoms with Crippen molar-refractivity contribution in [2.45, 2.75) is 6.92 Å². The predicted molar refractivity (Wildman–Crippen MR) is 116 cm³/mol. The van der Waals surface area contributed by atoms with Gasteiger partial charge in [-0.1, -0.05) is 18.2 Å². The van der Waals surface area contributed by atoms with Crippen molar-refractivity contribution in [1.29, 1.82) is 0 Å². The lowest BCUT2D eigenvalue weighted by Crippen LogP contribution is -2.12. The van der Waals surface area contributed by atoms with Crippen molar-refractivity contribution in [1.82, 2.24) is 9.97 Å². The van der Waals surface area contributed by atoms with E-state index in [-0.39, 0.29) is 5.91 Å². The molecule has 1 N–H and O–H groups in total. The standard InChI is InChI=1S/C23H19N3O2S/c1-2-28-20-8-4-6-18(14-20)22(27)25-19-7-3-5-17(13-19)21-15-29-23(26-21)16-9-11-24-12-10-16/h3-15H,2H2,1H3,(H,25,27). The van der Waals surface area contributed by atoms with Crippen LogP contribution in [-0.4, -0.2) is 22.5 Å². The average molecular weight is 401 g/mol. The van der Waals surface area contributed by atoms with Crippen molar-refractivity contribution < 1.29 is 9.53 Å². The van der Waals surface area contributed by atoms with Gasteiger partial charge in [0.15, 0.2) is 0 Å². The number of aromatic nitrogens is 2. The Morgan fingerprint density at radius 2 is 1.86 bits per heavy atom. The molecule has 0 aliphatic carbocycles. The van der Waals surface area contributed by atoms with E-state index in [1.165, 1.54) is 0 Å². The van der Waals surface area contributed by atoms with Crippen molar-refractivity contribution >= 4 is 22.9 Å². The van der Waals surface area contributed by atoms with Gasteiger partial charge in [0.1, 0.15) is 10.8 Å². The molecule has 0 atom stereocenters. The van der Waals surface area contributed by atoms with E-state index in [0.717, 1.165) is 21.8 Å². The van der Waals surface area contributed by atoms with E-state index in [9.17, 15) is 4.79 Å². The second-order valence-electron chi connectivity index (χ2n) is 6.27. The molecule has 0 unspecified atom stereocenters. The zero-order valence-corrected chi connectivity index (χ0v) is 16.6. The number of nitrogens with one attached hydrogen (secondary N) is 1. The summed E-state index contributed by atoms with van der Waals surface area (Å²) >= 11 is 1.58. The van der Waals surface area contributed by atoms with Gasteiger partial charge in [-0.2, -0.15) is 0 Å². The number of rotatable bonds is 6. The van der Waals surface area contributed by atoms with Gasteiger partial charge < -0.3 is 10.1 Å². The van der Waals surface area contributed by atoms with Crippen LogP contribution < -0.4 is 10.1 Å². The number of hydrogen-bond donors (Lipinski definition) is 1. The second-order valence-corrected chi connectivity index (χ2v) is 7.13. The predicted octanol–water partition coefficient (Wildman–Crippen LogP) is 5.52. The molecule has 5 nitrogen and oxygen atoms in total. The molecule has 0 saturated carbocycles. The number of hydrogen-bond acceptors (Lipinski definition) is 5. The molecule has 144 valence electrons. The molecule has 6 heteroatoms. The molecule has 0 spiro atoms. The van der Waals surface area contributed by atoms with Crippen LogP contribution in [0.15, 0.2) is 78.4 Å². The van der Waals surface area contributed by atoms with Crippen LogP contribution in [-0.2, 0) is 0 Å². The topological polar surface area (TPSA) is 64.1 Å². The summed E-state index contributed by atoms with van der Waals surface area (Å²) in [5.41, 5.74) is 4.12. The number of nitrogens with zero attached hydrogens (tertiary/aromatic N) is 2. The van der Waals surface area contributed by atoms with E-state index >= 15 is 0 Å². The summed E-state index contributed by atoms with van der Waals surface area (Å²) in [5.74, 6) is 0.500. The lowest BCUT2D eigenvalue weighted by Gasteiger charge is -2.08. The average Bonchev–Trinajstić information content (AvgIpc) is 3.25. The van der Waals surface area contributed by atoms with Crippen LogP contribution in [0.25, 0.3) is 21.8 Å². The molecule has 0 fully saturated rings. The highest BCUT2D eigenvalue weighted by Gasteiger charge is 2.10. The number of amides is 1. The van der Waals surface area contributed by atoms with Crippen molar-refractivity contribution in [2.75, 3.05) is 11.9 Å². The minimum atomic E-state index is -0.181. The number of carbonyl (C=O) groups is 1. The van der Waals surface area contributed by atoms with E-state index in [4.69, 9.17) is 9.72 Å². The maximum absolute atomic E-state index is 12.6. The van der Waals surface area contributed by atoms with Gasteiger partial charge in [-0.25, -0.2) is 4.98 Å². The Morgan fingerprint density at radius 3 is 2.69 bits per heavy atom. The number of pyridine rings is 1.